The first-order valence-electron chi connectivity index (χ1n) is 10.8. The van der Waals surface area contributed by atoms with Gasteiger partial charge in [-0.25, -0.2) is 4.68 Å². The summed E-state index contributed by atoms with van der Waals surface area (Å²) in [6.07, 6.45) is 2.06. The lowest BCUT2D eigenvalue weighted by Crippen LogP contribution is -2.16. The number of aromatic hydroxyl groups is 1. The highest BCUT2D eigenvalue weighted by Crippen LogP contribution is 2.39. The van der Waals surface area contributed by atoms with Gasteiger partial charge in [-0.2, -0.15) is 11.3 Å². The monoisotopic (exact) mass is 498 g/mol. The van der Waals surface area contributed by atoms with Gasteiger partial charge >= 0.3 is 0 Å². The van der Waals surface area contributed by atoms with E-state index in [0.29, 0.717) is 15.8 Å². The van der Waals surface area contributed by atoms with E-state index in [-0.39, 0.29) is 22.4 Å². The van der Waals surface area contributed by atoms with Crippen LogP contribution in [0.2, 0.25) is 5.02 Å². The first-order chi connectivity index (χ1) is 16.1. The van der Waals surface area contributed by atoms with Crippen LogP contribution in [0.3, 0.4) is 0 Å². The molecule has 1 saturated heterocycles. The van der Waals surface area contributed by atoms with Crippen molar-refractivity contribution in [3.63, 3.8) is 0 Å². The quantitative estimate of drug-likeness (QED) is 0.328. The lowest BCUT2D eigenvalue weighted by molar-refractivity contribution is 0.0853. The van der Waals surface area contributed by atoms with Gasteiger partial charge in [0.2, 0.25) is 5.88 Å². The fourth-order valence-corrected chi connectivity index (χ4v) is 6.03. The molecule has 2 aromatic carbocycles. The van der Waals surface area contributed by atoms with Gasteiger partial charge < -0.3 is 9.84 Å². The van der Waals surface area contributed by atoms with E-state index in [9.17, 15) is 9.90 Å². The highest BCUT2D eigenvalue weighted by Gasteiger charge is 2.25. The first kappa shape index (κ1) is 22.3. The summed E-state index contributed by atoms with van der Waals surface area (Å²) in [4.78, 5) is 13.8. The summed E-state index contributed by atoms with van der Waals surface area (Å²) in [6, 6.07) is 17.4. The fraction of sp³-hybridized carbons (Fsp3) is 0.240. The molecule has 0 amide bonds. The number of halogens is 1. The molecule has 2 aromatic heterocycles. The van der Waals surface area contributed by atoms with Crippen molar-refractivity contribution in [1.82, 2.24) is 9.78 Å². The Balaban J connectivity index is 1.52. The number of hydrogen-bond donors (Lipinski definition) is 2. The molecule has 33 heavy (non-hydrogen) atoms. The Hall–Kier alpha value is -2.45. The third-order valence-corrected chi connectivity index (χ3v) is 8.26. The van der Waals surface area contributed by atoms with Crippen LogP contribution >= 0.6 is 34.7 Å². The number of aromatic nitrogens is 2. The molecule has 1 atom stereocenters. The molecule has 0 radical (unpaired) electrons. The number of hydrogen-bond acceptors (Lipinski definition) is 5. The molecular weight excluding hydrogens is 476 g/mol. The second kappa shape index (κ2) is 9.81. The summed E-state index contributed by atoms with van der Waals surface area (Å²) in [7, 11) is 0. The lowest BCUT2D eigenvalue weighted by atomic mass is 9.90. The zero-order valence-electron chi connectivity index (χ0n) is 17.7. The second-order valence-electron chi connectivity index (χ2n) is 8.01. The summed E-state index contributed by atoms with van der Waals surface area (Å²) in [5.74, 6) is 0.403. The second-order valence-corrected chi connectivity index (χ2v) is 10.2. The van der Waals surface area contributed by atoms with E-state index < -0.39 is 0 Å². The Kier molecular flexibility index (Phi) is 6.64. The molecule has 0 saturated carbocycles. The number of ether oxygens (including phenoxy) is 1. The molecular formula is C25H23ClN2O3S2. The van der Waals surface area contributed by atoms with Gasteiger partial charge in [-0.05, 0) is 64.4 Å². The Labute approximate surface area is 205 Å². The van der Waals surface area contributed by atoms with Crippen LogP contribution in [0.4, 0.5) is 0 Å². The SMILES string of the molecule is O=c1[nH]n(C(c2ccc(C3CCOCC3)cc2)c2ccsc2)c(O)c1Sc1ccccc1Cl. The van der Waals surface area contributed by atoms with Crippen LogP contribution in [0.1, 0.15) is 41.5 Å². The van der Waals surface area contributed by atoms with E-state index in [1.54, 1.807) is 22.1 Å². The third-order valence-electron chi connectivity index (χ3n) is 5.97. The molecule has 170 valence electrons. The molecule has 4 aromatic rings. The molecule has 0 bridgehead atoms. The van der Waals surface area contributed by atoms with Crippen molar-refractivity contribution in [3.05, 3.63) is 97.4 Å². The number of thiophene rings is 1. The van der Waals surface area contributed by atoms with Gasteiger partial charge in [0.1, 0.15) is 10.9 Å². The summed E-state index contributed by atoms with van der Waals surface area (Å²) in [5, 5.41) is 18.5. The fourth-order valence-electron chi connectivity index (χ4n) is 4.24. The van der Waals surface area contributed by atoms with E-state index in [2.05, 4.69) is 29.4 Å². The number of H-pyrrole nitrogens is 1. The Morgan fingerprint density at radius 1 is 1.09 bits per heavy atom. The molecule has 5 nitrogen and oxygen atoms in total. The van der Waals surface area contributed by atoms with Crippen LogP contribution in [-0.2, 0) is 4.74 Å². The molecule has 2 N–H and O–H groups in total. The van der Waals surface area contributed by atoms with Crippen molar-refractivity contribution in [2.45, 2.75) is 34.6 Å². The van der Waals surface area contributed by atoms with Crippen LogP contribution < -0.4 is 5.56 Å². The Bertz CT molecular complexity index is 1280. The highest BCUT2D eigenvalue weighted by atomic mass is 35.5. The van der Waals surface area contributed by atoms with Gasteiger partial charge in [0.25, 0.3) is 5.56 Å². The molecule has 5 rings (SSSR count). The van der Waals surface area contributed by atoms with E-state index in [0.717, 1.165) is 48.9 Å². The van der Waals surface area contributed by atoms with Crippen molar-refractivity contribution in [1.29, 1.82) is 0 Å². The number of nitrogens with zero attached hydrogens (tertiary/aromatic N) is 1. The lowest BCUT2D eigenvalue weighted by Gasteiger charge is -2.24. The predicted octanol–water partition coefficient (Wildman–Crippen LogP) is 6.28. The topological polar surface area (TPSA) is 67.2 Å². The van der Waals surface area contributed by atoms with Crippen LogP contribution in [0, 0.1) is 0 Å². The van der Waals surface area contributed by atoms with Gasteiger partial charge in [0.15, 0.2) is 0 Å². The maximum Gasteiger partial charge on any atom is 0.282 e. The van der Waals surface area contributed by atoms with Gasteiger partial charge in [-0.3, -0.25) is 9.89 Å². The number of benzene rings is 2. The number of aromatic amines is 1. The first-order valence-corrected chi connectivity index (χ1v) is 12.9. The molecule has 1 fully saturated rings. The zero-order valence-corrected chi connectivity index (χ0v) is 20.1. The van der Waals surface area contributed by atoms with E-state index >= 15 is 0 Å². The molecule has 1 aliphatic rings. The van der Waals surface area contributed by atoms with Crippen molar-refractivity contribution in [2.24, 2.45) is 0 Å². The molecule has 0 aliphatic carbocycles. The normalized spacial score (nSPS) is 15.5. The highest BCUT2D eigenvalue weighted by molar-refractivity contribution is 7.99. The van der Waals surface area contributed by atoms with Crippen LogP contribution in [0.15, 0.2) is 79.9 Å². The average Bonchev–Trinajstić information content (AvgIpc) is 3.46. The van der Waals surface area contributed by atoms with Crippen molar-refractivity contribution < 1.29 is 9.84 Å². The standard InChI is InChI=1S/C25H23ClN2O3S2/c26-20-3-1-2-4-21(20)33-23-24(29)27-28(25(23)30)22(19-11-14-32-15-19)18-7-5-16(6-8-18)17-9-12-31-13-10-17/h1-8,11,14-15,17,22,30H,9-10,12-13H2,(H,27,29). The minimum absolute atomic E-state index is 0.102. The van der Waals surface area contributed by atoms with E-state index in [1.807, 2.05) is 35.0 Å². The van der Waals surface area contributed by atoms with Crippen molar-refractivity contribution in [3.8, 4) is 5.88 Å². The summed E-state index contributed by atoms with van der Waals surface area (Å²) in [5.41, 5.74) is 2.93. The average molecular weight is 499 g/mol. The van der Waals surface area contributed by atoms with Crippen LogP contribution in [0.5, 0.6) is 5.88 Å². The Morgan fingerprint density at radius 2 is 1.85 bits per heavy atom. The van der Waals surface area contributed by atoms with Gasteiger partial charge in [-0.1, -0.05) is 59.8 Å². The van der Waals surface area contributed by atoms with Gasteiger partial charge in [0, 0.05) is 18.1 Å². The van der Waals surface area contributed by atoms with Gasteiger partial charge in [0.05, 0.1) is 5.02 Å². The minimum Gasteiger partial charge on any atom is -0.493 e. The maximum absolute atomic E-state index is 12.8. The largest absolute Gasteiger partial charge is 0.493 e. The molecule has 0 spiro atoms. The third kappa shape index (κ3) is 4.64. The molecule has 1 unspecified atom stereocenters. The Morgan fingerprint density at radius 3 is 2.55 bits per heavy atom. The molecule has 3 heterocycles. The van der Waals surface area contributed by atoms with Gasteiger partial charge in [-0.15, -0.1) is 0 Å². The minimum atomic E-state index is -0.353. The van der Waals surface area contributed by atoms with E-state index in [1.165, 1.54) is 5.56 Å². The number of nitrogens with one attached hydrogen (secondary N) is 1. The van der Waals surface area contributed by atoms with Crippen molar-refractivity contribution >= 4 is 34.7 Å². The van der Waals surface area contributed by atoms with Crippen molar-refractivity contribution in [2.75, 3.05) is 13.2 Å². The zero-order chi connectivity index (χ0) is 22.8. The van der Waals surface area contributed by atoms with Crippen LogP contribution in [-0.4, -0.2) is 28.1 Å². The van der Waals surface area contributed by atoms with Crippen LogP contribution in [0.25, 0.3) is 0 Å². The maximum atomic E-state index is 12.8. The van der Waals surface area contributed by atoms with E-state index in [4.69, 9.17) is 16.3 Å². The smallest absolute Gasteiger partial charge is 0.282 e. The summed E-state index contributed by atoms with van der Waals surface area (Å²) < 4.78 is 7.04. The number of rotatable bonds is 6. The molecule has 1 aliphatic heterocycles. The summed E-state index contributed by atoms with van der Waals surface area (Å²) >= 11 is 9.02. The predicted molar refractivity (Wildman–Crippen MR) is 133 cm³/mol. The summed E-state index contributed by atoms with van der Waals surface area (Å²) in [6.45, 7) is 1.60. The molecule has 8 heteroatoms.